The molecule has 12 heteroatoms. The van der Waals surface area contributed by atoms with Crippen molar-refractivity contribution in [3.05, 3.63) is 64.2 Å². The fourth-order valence-electron chi connectivity index (χ4n) is 2.41. The van der Waals surface area contributed by atoms with E-state index in [4.69, 9.17) is 4.74 Å². The van der Waals surface area contributed by atoms with Crippen molar-refractivity contribution in [3.63, 3.8) is 0 Å². The van der Waals surface area contributed by atoms with Gasteiger partial charge in [0.1, 0.15) is 5.75 Å². The molecule has 10 nitrogen and oxygen atoms in total. The van der Waals surface area contributed by atoms with Gasteiger partial charge in [0.15, 0.2) is 4.34 Å². The number of amides is 2. The molecule has 0 atom stereocenters. The molecular formula is C19H17N5O5S2. The van der Waals surface area contributed by atoms with Gasteiger partial charge in [0, 0.05) is 17.7 Å². The van der Waals surface area contributed by atoms with Gasteiger partial charge in [-0.2, -0.15) is 0 Å². The van der Waals surface area contributed by atoms with Crippen LogP contribution < -0.4 is 15.4 Å². The Balaban J connectivity index is 1.54. The highest BCUT2D eigenvalue weighted by Gasteiger charge is 2.15. The number of nitrogens with one attached hydrogen (secondary N) is 2. The van der Waals surface area contributed by atoms with Gasteiger partial charge >= 0.3 is 0 Å². The van der Waals surface area contributed by atoms with Gasteiger partial charge in [-0.25, -0.2) is 0 Å². The maximum atomic E-state index is 12.3. The van der Waals surface area contributed by atoms with Crippen LogP contribution in [0, 0.1) is 10.1 Å². The standard InChI is InChI=1S/C19H17N5O5S2/c1-2-29-15-9-4-3-8-14(15)20-16(25)11-30-19-23-22-18(31-19)21-17(26)12-6-5-7-13(10-12)24(27)28/h3-10H,2,11H2,1H3,(H,20,25)(H,21,22,26). The monoisotopic (exact) mass is 459 g/mol. The van der Waals surface area contributed by atoms with Gasteiger partial charge in [-0.15, -0.1) is 10.2 Å². The number of ether oxygens (including phenoxy) is 1. The van der Waals surface area contributed by atoms with Crippen molar-refractivity contribution in [2.24, 2.45) is 0 Å². The third-order valence-electron chi connectivity index (χ3n) is 3.73. The van der Waals surface area contributed by atoms with Gasteiger partial charge in [0.05, 0.1) is 23.0 Å². The van der Waals surface area contributed by atoms with Crippen LogP contribution in [-0.4, -0.2) is 39.3 Å². The number of benzene rings is 2. The minimum absolute atomic E-state index is 0.0912. The molecule has 1 aromatic heterocycles. The van der Waals surface area contributed by atoms with E-state index in [2.05, 4.69) is 20.8 Å². The first kappa shape index (κ1) is 22.2. The van der Waals surface area contributed by atoms with Crippen LogP contribution in [-0.2, 0) is 4.79 Å². The van der Waals surface area contributed by atoms with Gasteiger partial charge in [-0.1, -0.05) is 41.3 Å². The number of non-ortho nitro benzene ring substituents is 1. The maximum absolute atomic E-state index is 12.3. The van der Waals surface area contributed by atoms with Crippen molar-refractivity contribution in [2.75, 3.05) is 23.0 Å². The average molecular weight is 460 g/mol. The molecule has 0 bridgehead atoms. The lowest BCUT2D eigenvalue weighted by Crippen LogP contribution is -2.14. The summed E-state index contributed by atoms with van der Waals surface area (Å²) in [5.74, 6) is -0.102. The van der Waals surface area contributed by atoms with E-state index in [0.29, 0.717) is 22.4 Å². The highest BCUT2D eigenvalue weighted by Crippen LogP contribution is 2.27. The van der Waals surface area contributed by atoms with Crippen LogP contribution in [0.2, 0.25) is 0 Å². The van der Waals surface area contributed by atoms with Crippen LogP contribution in [0.1, 0.15) is 17.3 Å². The zero-order chi connectivity index (χ0) is 22.2. The molecule has 0 saturated heterocycles. The number of nitro groups is 1. The van der Waals surface area contributed by atoms with Gasteiger partial charge in [0.2, 0.25) is 11.0 Å². The first-order valence-corrected chi connectivity index (χ1v) is 10.8. The Morgan fingerprint density at radius 3 is 2.74 bits per heavy atom. The smallest absolute Gasteiger partial charge is 0.270 e. The molecular weight excluding hydrogens is 442 g/mol. The van der Waals surface area contributed by atoms with Crippen LogP contribution in [0.4, 0.5) is 16.5 Å². The second-order valence-corrected chi connectivity index (χ2v) is 8.10. The first-order valence-electron chi connectivity index (χ1n) is 9.00. The summed E-state index contributed by atoms with van der Waals surface area (Å²) in [5, 5.41) is 24.2. The molecule has 0 aliphatic carbocycles. The molecule has 1 heterocycles. The highest BCUT2D eigenvalue weighted by molar-refractivity contribution is 8.01. The number of carbonyl (C=O) groups is 2. The van der Waals surface area contributed by atoms with Crippen molar-refractivity contribution in [1.29, 1.82) is 0 Å². The summed E-state index contributed by atoms with van der Waals surface area (Å²) in [4.78, 5) is 34.8. The Kier molecular flexibility index (Phi) is 7.51. The lowest BCUT2D eigenvalue weighted by atomic mass is 10.2. The molecule has 0 aliphatic rings. The molecule has 0 spiro atoms. The Morgan fingerprint density at radius 1 is 1.16 bits per heavy atom. The SMILES string of the molecule is CCOc1ccccc1NC(=O)CSc1nnc(NC(=O)c2cccc([N+](=O)[O-])c2)s1. The number of anilines is 2. The lowest BCUT2D eigenvalue weighted by Gasteiger charge is -2.10. The zero-order valence-corrected chi connectivity index (χ0v) is 17.9. The van der Waals surface area contributed by atoms with Crippen molar-refractivity contribution in [3.8, 4) is 5.75 Å². The Morgan fingerprint density at radius 2 is 1.97 bits per heavy atom. The van der Waals surface area contributed by atoms with Crippen LogP contribution in [0.25, 0.3) is 0 Å². The predicted molar refractivity (Wildman–Crippen MR) is 118 cm³/mol. The number of nitrogens with zero attached hydrogens (tertiary/aromatic N) is 3. The van der Waals surface area contributed by atoms with Crippen molar-refractivity contribution < 1.29 is 19.2 Å². The number of hydrogen-bond donors (Lipinski definition) is 2. The van der Waals surface area contributed by atoms with E-state index in [9.17, 15) is 19.7 Å². The van der Waals surface area contributed by atoms with Crippen LogP contribution >= 0.6 is 23.1 Å². The lowest BCUT2D eigenvalue weighted by molar-refractivity contribution is -0.384. The van der Waals surface area contributed by atoms with E-state index in [1.807, 2.05) is 13.0 Å². The summed E-state index contributed by atoms with van der Waals surface area (Å²) in [6.07, 6.45) is 0. The topological polar surface area (TPSA) is 136 Å². The molecule has 3 aromatic rings. The summed E-state index contributed by atoms with van der Waals surface area (Å²) in [6, 6.07) is 12.5. The average Bonchev–Trinajstić information content (AvgIpc) is 3.21. The summed E-state index contributed by atoms with van der Waals surface area (Å²) in [7, 11) is 0. The largest absolute Gasteiger partial charge is 0.492 e. The predicted octanol–water partition coefficient (Wildman–Crippen LogP) is 3.83. The summed E-state index contributed by atoms with van der Waals surface area (Å²) >= 11 is 2.26. The molecule has 0 fully saturated rings. The number of carbonyl (C=O) groups excluding carboxylic acids is 2. The van der Waals surface area contributed by atoms with E-state index < -0.39 is 10.8 Å². The third-order valence-corrected chi connectivity index (χ3v) is 5.71. The van der Waals surface area contributed by atoms with Crippen LogP contribution in [0.3, 0.4) is 0 Å². The Bertz CT molecular complexity index is 1100. The normalized spacial score (nSPS) is 10.4. The first-order chi connectivity index (χ1) is 15.0. The van der Waals surface area contributed by atoms with Crippen molar-refractivity contribution >= 4 is 51.4 Å². The molecule has 3 rings (SSSR count). The van der Waals surface area contributed by atoms with Gasteiger partial charge in [-0.3, -0.25) is 25.0 Å². The van der Waals surface area contributed by atoms with Crippen molar-refractivity contribution in [1.82, 2.24) is 10.2 Å². The molecule has 2 N–H and O–H groups in total. The minimum Gasteiger partial charge on any atom is -0.492 e. The summed E-state index contributed by atoms with van der Waals surface area (Å²) < 4.78 is 5.97. The molecule has 0 radical (unpaired) electrons. The molecule has 31 heavy (non-hydrogen) atoms. The molecule has 2 aromatic carbocycles. The van der Waals surface area contributed by atoms with E-state index in [1.165, 1.54) is 36.0 Å². The fraction of sp³-hybridized carbons (Fsp3) is 0.158. The summed E-state index contributed by atoms with van der Waals surface area (Å²) in [6.45, 7) is 2.34. The quantitative estimate of drug-likeness (QED) is 0.213. The molecule has 160 valence electrons. The van der Waals surface area contributed by atoms with Crippen LogP contribution in [0.15, 0.2) is 52.9 Å². The van der Waals surface area contributed by atoms with Gasteiger partial charge in [-0.05, 0) is 25.1 Å². The number of para-hydroxylation sites is 2. The maximum Gasteiger partial charge on any atom is 0.270 e. The second-order valence-electron chi connectivity index (χ2n) is 5.90. The fourth-order valence-corrected chi connectivity index (χ4v) is 3.96. The number of aromatic nitrogens is 2. The van der Waals surface area contributed by atoms with Crippen molar-refractivity contribution in [2.45, 2.75) is 11.3 Å². The molecule has 0 saturated carbocycles. The van der Waals surface area contributed by atoms with E-state index in [1.54, 1.807) is 18.2 Å². The summed E-state index contributed by atoms with van der Waals surface area (Å²) in [5.41, 5.74) is 0.529. The second kappa shape index (κ2) is 10.5. The van der Waals surface area contributed by atoms with E-state index in [0.717, 1.165) is 11.3 Å². The zero-order valence-electron chi connectivity index (χ0n) is 16.2. The number of thioether (sulfide) groups is 1. The van der Waals surface area contributed by atoms with E-state index >= 15 is 0 Å². The molecule has 0 unspecified atom stereocenters. The van der Waals surface area contributed by atoms with Gasteiger partial charge < -0.3 is 10.1 Å². The van der Waals surface area contributed by atoms with E-state index in [-0.39, 0.29) is 28.0 Å². The Labute approximate surface area is 185 Å². The highest BCUT2D eigenvalue weighted by atomic mass is 32.2. The van der Waals surface area contributed by atoms with Crippen LogP contribution in [0.5, 0.6) is 5.75 Å². The molecule has 0 aliphatic heterocycles. The molecule has 2 amide bonds. The minimum atomic E-state index is -0.575. The number of rotatable bonds is 9. The number of hydrogen-bond acceptors (Lipinski definition) is 9. The Hall–Kier alpha value is -3.51. The third kappa shape index (κ3) is 6.23. The van der Waals surface area contributed by atoms with Gasteiger partial charge in [0.25, 0.3) is 11.6 Å². The number of nitro benzene ring substituents is 1.